The first kappa shape index (κ1) is 10.3. The standard InChI is InChI=1S/C12H16N2OS/c1-14-10(9-5-4-8-16-9)13-12(11(14)15)6-2-3-7-12/h4-5,8,10,13H,2-3,6-7H2,1H3. The topological polar surface area (TPSA) is 32.3 Å². The van der Waals surface area contributed by atoms with Gasteiger partial charge >= 0.3 is 0 Å². The van der Waals surface area contributed by atoms with Crippen molar-refractivity contribution < 1.29 is 4.79 Å². The van der Waals surface area contributed by atoms with Gasteiger partial charge in [0.25, 0.3) is 0 Å². The van der Waals surface area contributed by atoms with Crippen LogP contribution in [0, 0.1) is 0 Å². The molecular formula is C12H16N2OS. The number of carbonyl (C=O) groups excluding carboxylic acids is 1. The lowest BCUT2D eigenvalue weighted by molar-refractivity contribution is -0.131. The highest BCUT2D eigenvalue weighted by Gasteiger charge is 2.51. The molecule has 2 heterocycles. The maximum absolute atomic E-state index is 12.3. The van der Waals surface area contributed by atoms with Crippen molar-refractivity contribution in [1.29, 1.82) is 0 Å². The zero-order chi connectivity index (χ0) is 11.2. The van der Waals surface area contributed by atoms with Gasteiger partial charge < -0.3 is 4.90 Å². The number of hydrogen-bond donors (Lipinski definition) is 1. The second-order valence-electron chi connectivity index (χ2n) is 4.77. The molecule has 86 valence electrons. The summed E-state index contributed by atoms with van der Waals surface area (Å²) in [5, 5.41) is 5.62. The Hall–Kier alpha value is -0.870. The quantitative estimate of drug-likeness (QED) is 0.810. The Balaban J connectivity index is 1.91. The summed E-state index contributed by atoms with van der Waals surface area (Å²) in [4.78, 5) is 15.4. The summed E-state index contributed by atoms with van der Waals surface area (Å²) in [6.07, 6.45) is 4.43. The molecule has 1 aromatic rings. The molecule has 4 heteroatoms. The van der Waals surface area contributed by atoms with E-state index in [4.69, 9.17) is 0 Å². The van der Waals surface area contributed by atoms with E-state index in [0.717, 1.165) is 12.8 Å². The highest BCUT2D eigenvalue weighted by Crippen LogP contribution is 2.40. The average molecular weight is 236 g/mol. The molecule has 0 bridgehead atoms. The maximum Gasteiger partial charge on any atom is 0.244 e. The van der Waals surface area contributed by atoms with Crippen LogP contribution in [0.3, 0.4) is 0 Å². The highest BCUT2D eigenvalue weighted by atomic mass is 32.1. The molecule has 1 N–H and O–H groups in total. The molecule has 2 aliphatic rings. The summed E-state index contributed by atoms with van der Waals surface area (Å²) in [7, 11) is 1.91. The molecule has 1 spiro atoms. The number of likely N-dealkylation sites (N-methyl/N-ethyl adjacent to an activating group) is 1. The van der Waals surface area contributed by atoms with Crippen molar-refractivity contribution in [2.75, 3.05) is 7.05 Å². The van der Waals surface area contributed by atoms with E-state index in [9.17, 15) is 4.79 Å². The summed E-state index contributed by atoms with van der Waals surface area (Å²) < 4.78 is 0. The second kappa shape index (κ2) is 3.57. The van der Waals surface area contributed by atoms with E-state index in [1.165, 1.54) is 17.7 Å². The van der Waals surface area contributed by atoms with Gasteiger partial charge in [-0.05, 0) is 24.3 Å². The van der Waals surface area contributed by atoms with Crippen LogP contribution in [0.15, 0.2) is 17.5 Å². The largest absolute Gasteiger partial charge is 0.324 e. The zero-order valence-corrected chi connectivity index (χ0v) is 10.2. The van der Waals surface area contributed by atoms with Crippen LogP contribution >= 0.6 is 11.3 Å². The number of amides is 1. The van der Waals surface area contributed by atoms with Crippen LogP contribution in [0.5, 0.6) is 0 Å². The SMILES string of the molecule is CN1C(=O)C2(CCCC2)NC1c1cccs1. The smallest absolute Gasteiger partial charge is 0.244 e. The molecular weight excluding hydrogens is 220 g/mol. The molecule has 3 rings (SSSR count). The third kappa shape index (κ3) is 1.33. The molecule has 0 aromatic carbocycles. The second-order valence-corrected chi connectivity index (χ2v) is 5.75. The van der Waals surface area contributed by atoms with Crippen molar-refractivity contribution in [3.05, 3.63) is 22.4 Å². The first-order chi connectivity index (χ1) is 7.73. The van der Waals surface area contributed by atoms with Gasteiger partial charge in [-0.25, -0.2) is 0 Å². The Kier molecular flexibility index (Phi) is 2.30. The van der Waals surface area contributed by atoms with Crippen molar-refractivity contribution in [3.63, 3.8) is 0 Å². The maximum atomic E-state index is 12.3. The van der Waals surface area contributed by atoms with Gasteiger partial charge in [0, 0.05) is 11.9 Å². The van der Waals surface area contributed by atoms with E-state index < -0.39 is 0 Å². The third-order valence-corrected chi connectivity index (χ3v) is 4.72. The summed E-state index contributed by atoms with van der Waals surface area (Å²) in [6, 6.07) is 4.14. The molecule has 2 fully saturated rings. The average Bonchev–Trinajstić information content (AvgIpc) is 2.98. The highest BCUT2D eigenvalue weighted by molar-refractivity contribution is 7.10. The van der Waals surface area contributed by atoms with E-state index >= 15 is 0 Å². The lowest BCUT2D eigenvalue weighted by atomic mass is 9.98. The number of nitrogens with zero attached hydrogens (tertiary/aromatic N) is 1. The summed E-state index contributed by atoms with van der Waals surface area (Å²) >= 11 is 1.71. The van der Waals surface area contributed by atoms with Gasteiger partial charge in [0.05, 0.1) is 5.54 Å². The summed E-state index contributed by atoms with van der Waals surface area (Å²) in [6.45, 7) is 0. The van der Waals surface area contributed by atoms with Gasteiger partial charge in [-0.3, -0.25) is 10.1 Å². The van der Waals surface area contributed by atoms with Crippen molar-refractivity contribution in [2.45, 2.75) is 37.4 Å². The van der Waals surface area contributed by atoms with Crippen LogP contribution in [-0.2, 0) is 4.79 Å². The number of carbonyl (C=O) groups is 1. The van der Waals surface area contributed by atoms with Gasteiger partial charge in [0.1, 0.15) is 6.17 Å². The predicted octanol–water partition coefficient (Wildman–Crippen LogP) is 2.12. The van der Waals surface area contributed by atoms with Gasteiger partial charge in [0.2, 0.25) is 5.91 Å². The zero-order valence-electron chi connectivity index (χ0n) is 9.40. The Labute approximate surface area is 99.5 Å². The Morgan fingerprint density at radius 3 is 2.88 bits per heavy atom. The van der Waals surface area contributed by atoms with Gasteiger partial charge in [-0.2, -0.15) is 0 Å². The molecule has 16 heavy (non-hydrogen) atoms. The van der Waals surface area contributed by atoms with Gasteiger partial charge in [-0.1, -0.05) is 18.9 Å². The molecule has 1 aliphatic carbocycles. The minimum atomic E-state index is -0.247. The van der Waals surface area contributed by atoms with E-state index in [1.807, 2.05) is 18.0 Å². The fourth-order valence-electron chi connectivity index (χ4n) is 2.92. The molecule has 3 nitrogen and oxygen atoms in total. The molecule has 1 aliphatic heterocycles. The molecule has 1 atom stereocenters. The van der Waals surface area contributed by atoms with E-state index in [0.29, 0.717) is 0 Å². The predicted molar refractivity (Wildman–Crippen MR) is 64.2 cm³/mol. The monoisotopic (exact) mass is 236 g/mol. The van der Waals surface area contributed by atoms with Gasteiger partial charge in [0.15, 0.2) is 0 Å². The fourth-order valence-corrected chi connectivity index (χ4v) is 3.74. The van der Waals surface area contributed by atoms with Crippen LogP contribution in [0.25, 0.3) is 0 Å². The van der Waals surface area contributed by atoms with E-state index in [-0.39, 0.29) is 17.6 Å². The molecule has 1 saturated carbocycles. The molecule has 1 aromatic heterocycles. The normalized spacial score (nSPS) is 28.2. The minimum absolute atomic E-state index is 0.0885. The molecule has 1 saturated heterocycles. The first-order valence-electron chi connectivity index (χ1n) is 5.81. The number of rotatable bonds is 1. The van der Waals surface area contributed by atoms with Crippen molar-refractivity contribution in [1.82, 2.24) is 10.2 Å². The lowest BCUT2D eigenvalue weighted by Gasteiger charge is -2.20. The fraction of sp³-hybridized carbons (Fsp3) is 0.583. The lowest BCUT2D eigenvalue weighted by Crippen LogP contribution is -2.43. The molecule has 1 amide bonds. The van der Waals surface area contributed by atoms with Crippen LogP contribution in [0.2, 0.25) is 0 Å². The molecule has 0 radical (unpaired) electrons. The van der Waals surface area contributed by atoms with Crippen molar-refractivity contribution in [2.24, 2.45) is 0 Å². The Morgan fingerprint density at radius 2 is 2.25 bits per heavy atom. The minimum Gasteiger partial charge on any atom is -0.324 e. The Bertz CT molecular complexity index is 395. The first-order valence-corrected chi connectivity index (χ1v) is 6.69. The van der Waals surface area contributed by atoms with E-state index in [1.54, 1.807) is 11.3 Å². The summed E-state index contributed by atoms with van der Waals surface area (Å²) in [5.74, 6) is 0.281. The summed E-state index contributed by atoms with van der Waals surface area (Å²) in [5.41, 5.74) is -0.247. The van der Waals surface area contributed by atoms with Crippen LogP contribution in [0.4, 0.5) is 0 Å². The number of nitrogens with one attached hydrogen (secondary N) is 1. The van der Waals surface area contributed by atoms with Crippen molar-refractivity contribution in [3.8, 4) is 0 Å². The van der Waals surface area contributed by atoms with Crippen LogP contribution in [0.1, 0.15) is 36.7 Å². The Morgan fingerprint density at radius 1 is 1.50 bits per heavy atom. The molecule has 1 unspecified atom stereocenters. The van der Waals surface area contributed by atoms with Crippen LogP contribution < -0.4 is 5.32 Å². The van der Waals surface area contributed by atoms with Crippen LogP contribution in [-0.4, -0.2) is 23.4 Å². The van der Waals surface area contributed by atoms with Gasteiger partial charge in [-0.15, -0.1) is 11.3 Å². The van der Waals surface area contributed by atoms with E-state index in [2.05, 4.69) is 16.8 Å². The third-order valence-electron chi connectivity index (χ3n) is 3.80. The van der Waals surface area contributed by atoms with Crippen molar-refractivity contribution >= 4 is 17.2 Å². The number of thiophene rings is 1. The number of hydrogen-bond acceptors (Lipinski definition) is 3.